The van der Waals surface area contributed by atoms with Crippen molar-refractivity contribution in [2.45, 2.75) is 6.54 Å². The molecule has 0 aromatic heterocycles. The minimum absolute atomic E-state index is 0.799. The Labute approximate surface area is 167 Å². The van der Waals surface area contributed by atoms with Gasteiger partial charge in [0.1, 0.15) is 0 Å². The third-order valence-corrected chi connectivity index (χ3v) is 6.02. The zero-order chi connectivity index (χ0) is 18.6. The second-order valence-corrected chi connectivity index (χ2v) is 8.11. The first-order valence-electron chi connectivity index (χ1n) is 9.93. The summed E-state index contributed by atoms with van der Waals surface area (Å²) in [7, 11) is 2.22. The molecule has 4 nitrogen and oxygen atoms in total. The van der Waals surface area contributed by atoms with Crippen LogP contribution in [0.5, 0.6) is 0 Å². The smallest absolute Gasteiger partial charge is 0.0607 e. The van der Waals surface area contributed by atoms with E-state index in [0.29, 0.717) is 0 Å². The largest absolute Gasteiger partial charge is 0.367 e. The van der Waals surface area contributed by atoms with E-state index >= 15 is 0 Å². The summed E-state index contributed by atoms with van der Waals surface area (Å²) in [5, 5.41) is 0.799. The first kappa shape index (κ1) is 18.6. The number of benzene rings is 2. The Kier molecular flexibility index (Phi) is 5.86. The molecule has 0 atom stereocenters. The van der Waals surface area contributed by atoms with Crippen LogP contribution in [0.15, 0.2) is 48.5 Å². The number of halogens is 1. The van der Waals surface area contributed by atoms with Crippen LogP contribution in [-0.4, -0.2) is 69.2 Å². The quantitative estimate of drug-likeness (QED) is 0.783. The van der Waals surface area contributed by atoms with Crippen LogP contribution >= 0.6 is 11.6 Å². The molecule has 2 heterocycles. The normalized spacial score (nSPS) is 18.6. The van der Waals surface area contributed by atoms with E-state index in [-0.39, 0.29) is 0 Å². The molecule has 2 aromatic carbocycles. The monoisotopic (exact) mass is 384 g/mol. The lowest BCUT2D eigenvalue weighted by atomic mass is 10.1. The fourth-order valence-electron chi connectivity index (χ4n) is 4.02. The van der Waals surface area contributed by atoms with Crippen LogP contribution in [0.25, 0.3) is 0 Å². The molecule has 2 aliphatic rings. The van der Waals surface area contributed by atoms with Gasteiger partial charge < -0.3 is 14.7 Å². The molecule has 4 rings (SSSR count). The van der Waals surface area contributed by atoms with Crippen LogP contribution in [0.4, 0.5) is 11.4 Å². The molecule has 1 saturated heterocycles. The van der Waals surface area contributed by atoms with Crippen LogP contribution in [0.3, 0.4) is 0 Å². The minimum Gasteiger partial charge on any atom is -0.367 e. The third-order valence-electron chi connectivity index (χ3n) is 5.77. The van der Waals surface area contributed by atoms with E-state index in [0.717, 1.165) is 37.7 Å². The molecule has 0 saturated carbocycles. The van der Waals surface area contributed by atoms with Gasteiger partial charge in [0.2, 0.25) is 0 Å². The topological polar surface area (TPSA) is 13.0 Å². The molecule has 0 unspecified atom stereocenters. The first-order chi connectivity index (χ1) is 13.2. The maximum absolute atomic E-state index is 6.03. The third kappa shape index (κ3) is 4.57. The summed E-state index contributed by atoms with van der Waals surface area (Å²) in [5.41, 5.74) is 4.02. The number of piperazine rings is 1. The number of rotatable bonds is 5. The second kappa shape index (κ2) is 8.51. The van der Waals surface area contributed by atoms with E-state index in [1.54, 1.807) is 0 Å². The number of anilines is 2. The fraction of sp³-hybridized carbons (Fsp3) is 0.455. The van der Waals surface area contributed by atoms with Crippen LogP contribution in [-0.2, 0) is 6.54 Å². The highest BCUT2D eigenvalue weighted by atomic mass is 35.5. The molecular weight excluding hydrogens is 356 g/mol. The molecule has 27 heavy (non-hydrogen) atoms. The van der Waals surface area contributed by atoms with Gasteiger partial charge in [0, 0.05) is 63.9 Å². The van der Waals surface area contributed by atoms with Gasteiger partial charge in [-0.2, -0.15) is 0 Å². The highest BCUT2D eigenvalue weighted by Gasteiger charge is 2.23. The lowest BCUT2D eigenvalue weighted by Crippen LogP contribution is -2.48. The summed E-state index contributed by atoms with van der Waals surface area (Å²) in [6.45, 7) is 10.1. The molecule has 5 heteroatoms. The van der Waals surface area contributed by atoms with Crippen molar-refractivity contribution in [2.24, 2.45) is 0 Å². The molecule has 144 valence electrons. The average molecular weight is 385 g/mol. The molecular formula is C22H29ClN4. The Balaban J connectivity index is 1.42. The van der Waals surface area contributed by atoms with E-state index in [1.807, 2.05) is 12.1 Å². The Bertz CT molecular complexity index is 740. The number of para-hydroxylation sites is 2. The van der Waals surface area contributed by atoms with Gasteiger partial charge in [0.15, 0.2) is 0 Å². The summed E-state index contributed by atoms with van der Waals surface area (Å²) in [6.07, 6.45) is 0. The van der Waals surface area contributed by atoms with Crippen molar-refractivity contribution in [3.63, 3.8) is 0 Å². The van der Waals surface area contributed by atoms with Crippen molar-refractivity contribution >= 4 is 23.0 Å². The van der Waals surface area contributed by atoms with E-state index in [9.17, 15) is 0 Å². The van der Waals surface area contributed by atoms with Crippen LogP contribution in [0, 0.1) is 0 Å². The van der Waals surface area contributed by atoms with Gasteiger partial charge >= 0.3 is 0 Å². The number of hydrogen-bond donors (Lipinski definition) is 0. The lowest BCUT2D eigenvalue weighted by Gasteiger charge is -2.40. The molecule has 0 radical (unpaired) electrons. The maximum Gasteiger partial charge on any atom is 0.0607 e. The van der Waals surface area contributed by atoms with Crippen molar-refractivity contribution < 1.29 is 0 Å². The van der Waals surface area contributed by atoms with E-state index < -0.39 is 0 Å². The zero-order valence-electron chi connectivity index (χ0n) is 16.1. The predicted octanol–water partition coefficient (Wildman–Crippen LogP) is 3.41. The van der Waals surface area contributed by atoms with Gasteiger partial charge in [0.05, 0.1) is 11.4 Å². The van der Waals surface area contributed by atoms with Crippen molar-refractivity contribution in [3.05, 3.63) is 59.1 Å². The molecule has 1 fully saturated rings. The summed E-state index contributed by atoms with van der Waals surface area (Å²) >= 11 is 6.03. The van der Waals surface area contributed by atoms with Gasteiger partial charge in [-0.05, 0) is 36.9 Å². The Morgan fingerprint density at radius 3 is 2.07 bits per heavy atom. The number of nitrogens with zero attached hydrogens (tertiary/aromatic N) is 4. The van der Waals surface area contributed by atoms with Gasteiger partial charge in [-0.1, -0.05) is 35.9 Å². The standard InChI is InChI=1S/C22H29ClN4/c1-24-10-12-25(13-11-24)14-15-26-16-17-27(22-5-3-2-4-21(22)26)18-19-6-8-20(23)9-7-19/h2-9H,10-18H2,1H3. The molecule has 0 N–H and O–H groups in total. The van der Waals surface area contributed by atoms with Gasteiger partial charge in [0.25, 0.3) is 0 Å². The van der Waals surface area contributed by atoms with Gasteiger partial charge in [-0.3, -0.25) is 4.90 Å². The molecule has 0 aliphatic carbocycles. The highest BCUT2D eigenvalue weighted by Crippen LogP contribution is 2.33. The van der Waals surface area contributed by atoms with E-state index in [1.165, 1.54) is 43.1 Å². The number of hydrogen-bond acceptors (Lipinski definition) is 4. The van der Waals surface area contributed by atoms with E-state index in [2.05, 4.69) is 63.0 Å². The molecule has 0 amide bonds. The predicted molar refractivity (Wildman–Crippen MR) is 115 cm³/mol. The Morgan fingerprint density at radius 2 is 1.37 bits per heavy atom. The number of fused-ring (bicyclic) bond motifs is 1. The summed E-state index contributed by atoms with van der Waals surface area (Å²) in [6, 6.07) is 17.1. The minimum atomic E-state index is 0.799. The zero-order valence-corrected chi connectivity index (χ0v) is 16.9. The summed E-state index contributed by atoms with van der Waals surface area (Å²) in [5.74, 6) is 0. The van der Waals surface area contributed by atoms with Crippen molar-refractivity contribution in [1.29, 1.82) is 0 Å². The van der Waals surface area contributed by atoms with Crippen LogP contribution in [0.1, 0.15) is 5.56 Å². The SMILES string of the molecule is CN1CCN(CCN2CCN(Cc3ccc(Cl)cc3)c3ccccc32)CC1. The Morgan fingerprint density at radius 1 is 0.741 bits per heavy atom. The van der Waals surface area contributed by atoms with Crippen molar-refractivity contribution in [3.8, 4) is 0 Å². The van der Waals surface area contributed by atoms with Crippen LogP contribution in [0.2, 0.25) is 5.02 Å². The van der Waals surface area contributed by atoms with Gasteiger partial charge in [-0.15, -0.1) is 0 Å². The summed E-state index contributed by atoms with van der Waals surface area (Å²) < 4.78 is 0. The lowest BCUT2D eigenvalue weighted by molar-refractivity contribution is 0.157. The molecule has 0 spiro atoms. The van der Waals surface area contributed by atoms with Crippen molar-refractivity contribution in [1.82, 2.24) is 9.80 Å². The van der Waals surface area contributed by atoms with Crippen molar-refractivity contribution in [2.75, 3.05) is 69.2 Å². The van der Waals surface area contributed by atoms with E-state index in [4.69, 9.17) is 11.6 Å². The molecule has 2 aliphatic heterocycles. The Hall–Kier alpha value is -1.75. The second-order valence-electron chi connectivity index (χ2n) is 7.67. The van der Waals surface area contributed by atoms with Gasteiger partial charge in [-0.25, -0.2) is 0 Å². The first-order valence-corrected chi connectivity index (χ1v) is 10.3. The molecule has 2 aromatic rings. The highest BCUT2D eigenvalue weighted by molar-refractivity contribution is 6.30. The van der Waals surface area contributed by atoms with Crippen LogP contribution < -0.4 is 9.80 Å². The fourth-order valence-corrected chi connectivity index (χ4v) is 4.15. The summed E-state index contributed by atoms with van der Waals surface area (Å²) in [4.78, 5) is 10.1. The molecule has 0 bridgehead atoms. The average Bonchev–Trinajstić information content (AvgIpc) is 2.70. The number of likely N-dealkylation sites (N-methyl/N-ethyl adjacent to an activating group) is 1. The maximum atomic E-state index is 6.03.